The molecule has 0 N–H and O–H groups in total. The third kappa shape index (κ3) is 0.977. The van der Waals surface area contributed by atoms with Gasteiger partial charge in [-0.15, -0.1) is 0 Å². The molecule has 0 saturated heterocycles. The Kier molecular flexibility index (Phi) is 1.53. The topological polar surface area (TPSA) is 15.6 Å². The number of fused-ring (bicyclic) bond motifs is 1. The molecule has 2 aliphatic rings. The minimum Gasteiger partial charge on any atom is -0.334 e. The molecule has 0 fully saturated rings. The maximum Gasteiger partial charge on any atom is 0.113 e. The van der Waals surface area contributed by atoms with E-state index in [-0.39, 0.29) is 5.41 Å². The van der Waals surface area contributed by atoms with Crippen LogP contribution in [-0.4, -0.2) is 23.8 Å². The quantitative estimate of drug-likeness (QED) is 0.535. The predicted molar refractivity (Wildman–Crippen MR) is 51.2 cm³/mol. The van der Waals surface area contributed by atoms with Gasteiger partial charge >= 0.3 is 0 Å². The molecular formula is C10H16N2. The molecule has 2 aliphatic heterocycles. The largest absolute Gasteiger partial charge is 0.334 e. The second kappa shape index (κ2) is 2.35. The fourth-order valence-electron chi connectivity index (χ4n) is 2.16. The van der Waals surface area contributed by atoms with E-state index >= 15 is 0 Å². The molecule has 0 aliphatic carbocycles. The highest BCUT2D eigenvalue weighted by Gasteiger charge is 2.35. The Labute approximate surface area is 74.0 Å². The molecule has 0 bridgehead atoms. The van der Waals surface area contributed by atoms with Gasteiger partial charge in [0, 0.05) is 24.2 Å². The van der Waals surface area contributed by atoms with E-state index in [1.54, 1.807) is 0 Å². The molecule has 2 heterocycles. The first kappa shape index (κ1) is 7.84. The average molecular weight is 164 g/mol. The Balaban J connectivity index is 2.40. The zero-order chi connectivity index (χ0) is 8.77. The summed E-state index contributed by atoms with van der Waals surface area (Å²) in [4.78, 5) is 6.94. The summed E-state index contributed by atoms with van der Waals surface area (Å²) in [5.41, 5.74) is 1.54. The van der Waals surface area contributed by atoms with E-state index < -0.39 is 0 Å². The van der Waals surface area contributed by atoms with Gasteiger partial charge in [0.1, 0.15) is 5.84 Å². The van der Waals surface area contributed by atoms with Gasteiger partial charge in [-0.25, -0.2) is 0 Å². The zero-order valence-electron chi connectivity index (χ0n) is 8.09. The van der Waals surface area contributed by atoms with Crippen molar-refractivity contribution in [1.29, 1.82) is 0 Å². The fourth-order valence-corrected chi connectivity index (χ4v) is 2.16. The minimum atomic E-state index is 0.171. The molecule has 0 saturated carbocycles. The Bertz CT molecular complexity index is 261. The SMILES string of the molecule is CC1=CC(C)(C)C2=NCCCN12. The van der Waals surface area contributed by atoms with Gasteiger partial charge in [0.25, 0.3) is 0 Å². The van der Waals surface area contributed by atoms with Crippen LogP contribution in [0.25, 0.3) is 0 Å². The summed E-state index contributed by atoms with van der Waals surface area (Å²) in [7, 11) is 0. The molecule has 0 unspecified atom stereocenters. The maximum absolute atomic E-state index is 4.59. The summed E-state index contributed by atoms with van der Waals surface area (Å²) >= 11 is 0. The molecule has 0 radical (unpaired) electrons. The zero-order valence-corrected chi connectivity index (χ0v) is 8.09. The van der Waals surface area contributed by atoms with E-state index in [0.717, 1.165) is 13.1 Å². The number of amidine groups is 1. The highest BCUT2D eigenvalue weighted by Crippen LogP contribution is 2.34. The Morgan fingerprint density at radius 2 is 2.25 bits per heavy atom. The molecule has 0 spiro atoms. The van der Waals surface area contributed by atoms with Gasteiger partial charge in [0.15, 0.2) is 0 Å². The third-order valence-corrected chi connectivity index (χ3v) is 2.63. The van der Waals surface area contributed by atoms with Crippen molar-refractivity contribution < 1.29 is 0 Å². The van der Waals surface area contributed by atoms with Crippen LogP contribution in [0.2, 0.25) is 0 Å². The van der Waals surface area contributed by atoms with E-state index in [1.807, 2.05) is 0 Å². The second-order valence-electron chi connectivity index (χ2n) is 4.22. The molecule has 0 amide bonds. The van der Waals surface area contributed by atoms with Crippen LogP contribution in [0.5, 0.6) is 0 Å². The van der Waals surface area contributed by atoms with E-state index in [9.17, 15) is 0 Å². The number of rotatable bonds is 0. The molecule has 12 heavy (non-hydrogen) atoms. The number of aliphatic imine (C=N–C) groups is 1. The Morgan fingerprint density at radius 3 is 2.92 bits per heavy atom. The second-order valence-corrected chi connectivity index (χ2v) is 4.22. The van der Waals surface area contributed by atoms with Crippen LogP contribution in [0.3, 0.4) is 0 Å². The van der Waals surface area contributed by atoms with Crippen molar-refractivity contribution >= 4 is 5.84 Å². The van der Waals surface area contributed by atoms with Crippen molar-refractivity contribution in [2.45, 2.75) is 27.2 Å². The molecule has 2 rings (SSSR count). The van der Waals surface area contributed by atoms with Gasteiger partial charge in [0.05, 0.1) is 0 Å². The summed E-state index contributed by atoms with van der Waals surface area (Å²) in [6.45, 7) is 8.82. The van der Waals surface area contributed by atoms with Crippen LogP contribution in [0.1, 0.15) is 27.2 Å². The van der Waals surface area contributed by atoms with Gasteiger partial charge in [0.2, 0.25) is 0 Å². The van der Waals surface area contributed by atoms with Crippen LogP contribution in [0.4, 0.5) is 0 Å². The predicted octanol–water partition coefficient (Wildman–Crippen LogP) is 2.03. The minimum absolute atomic E-state index is 0.171. The maximum atomic E-state index is 4.59. The van der Waals surface area contributed by atoms with Gasteiger partial charge in [-0.1, -0.05) is 6.08 Å². The lowest BCUT2D eigenvalue weighted by atomic mass is 9.93. The summed E-state index contributed by atoms with van der Waals surface area (Å²) in [6.07, 6.45) is 3.52. The van der Waals surface area contributed by atoms with Crippen molar-refractivity contribution in [1.82, 2.24) is 4.90 Å². The van der Waals surface area contributed by atoms with Gasteiger partial charge in [-0.2, -0.15) is 0 Å². The van der Waals surface area contributed by atoms with E-state index in [2.05, 4.69) is 36.7 Å². The summed E-state index contributed by atoms with van der Waals surface area (Å²) < 4.78 is 0. The van der Waals surface area contributed by atoms with Crippen molar-refractivity contribution in [2.75, 3.05) is 13.1 Å². The lowest BCUT2D eigenvalue weighted by Crippen LogP contribution is -2.36. The van der Waals surface area contributed by atoms with Gasteiger partial charge in [-0.3, -0.25) is 4.99 Å². The Morgan fingerprint density at radius 1 is 1.50 bits per heavy atom. The van der Waals surface area contributed by atoms with Gasteiger partial charge < -0.3 is 4.90 Å². The lowest BCUT2D eigenvalue weighted by molar-refractivity contribution is 0.460. The summed E-state index contributed by atoms with van der Waals surface area (Å²) in [6, 6.07) is 0. The number of allylic oxidation sites excluding steroid dienone is 1. The molecule has 0 atom stereocenters. The summed E-state index contributed by atoms with van der Waals surface area (Å²) in [5.74, 6) is 1.27. The van der Waals surface area contributed by atoms with E-state index in [0.29, 0.717) is 0 Å². The number of nitrogens with zero attached hydrogens (tertiary/aromatic N) is 2. The molecule has 66 valence electrons. The average Bonchev–Trinajstić information content (AvgIpc) is 2.25. The highest BCUT2D eigenvalue weighted by molar-refractivity contribution is 5.93. The first-order chi connectivity index (χ1) is 5.61. The van der Waals surface area contributed by atoms with Crippen LogP contribution in [-0.2, 0) is 0 Å². The lowest BCUT2D eigenvalue weighted by Gasteiger charge is -2.29. The van der Waals surface area contributed by atoms with Gasteiger partial charge in [-0.05, 0) is 27.2 Å². The van der Waals surface area contributed by atoms with Crippen molar-refractivity contribution in [3.8, 4) is 0 Å². The smallest absolute Gasteiger partial charge is 0.113 e. The first-order valence-corrected chi connectivity index (χ1v) is 4.63. The molecule has 2 heteroatoms. The van der Waals surface area contributed by atoms with Crippen LogP contribution in [0, 0.1) is 5.41 Å². The molecule has 2 nitrogen and oxygen atoms in total. The monoisotopic (exact) mass is 164 g/mol. The van der Waals surface area contributed by atoms with Crippen LogP contribution < -0.4 is 0 Å². The third-order valence-electron chi connectivity index (χ3n) is 2.63. The molecule has 0 aromatic heterocycles. The highest BCUT2D eigenvalue weighted by atomic mass is 15.2. The van der Waals surface area contributed by atoms with Crippen molar-refractivity contribution in [3.05, 3.63) is 11.8 Å². The fraction of sp³-hybridized carbons (Fsp3) is 0.700. The first-order valence-electron chi connectivity index (χ1n) is 4.63. The van der Waals surface area contributed by atoms with Crippen molar-refractivity contribution in [3.63, 3.8) is 0 Å². The Hall–Kier alpha value is -0.790. The summed E-state index contributed by atoms with van der Waals surface area (Å²) in [5, 5.41) is 0. The van der Waals surface area contributed by atoms with Crippen LogP contribution >= 0.6 is 0 Å². The molecule has 0 aromatic rings. The number of hydrogen-bond acceptors (Lipinski definition) is 2. The van der Waals surface area contributed by atoms with E-state index in [4.69, 9.17) is 0 Å². The standard InChI is InChI=1S/C10H16N2/c1-8-7-10(2,3)9-11-5-4-6-12(8)9/h7H,4-6H2,1-3H3. The van der Waals surface area contributed by atoms with E-state index in [1.165, 1.54) is 18.0 Å². The molecular weight excluding hydrogens is 148 g/mol. The van der Waals surface area contributed by atoms with Crippen molar-refractivity contribution in [2.24, 2.45) is 10.4 Å². The molecule has 0 aromatic carbocycles. The number of hydrogen-bond donors (Lipinski definition) is 0. The van der Waals surface area contributed by atoms with Crippen LogP contribution in [0.15, 0.2) is 16.8 Å². The normalized spacial score (nSPS) is 26.4.